The molecule has 0 bridgehead atoms. The summed E-state index contributed by atoms with van der Waals surface area (Å²) in [5, 5.41) is 12.0. The molecule has 7 nitrogen and oxygen atoms in total. The first-order valence-corrected chi connectivity index (χ1v) is 8.11. The van der Waals surface area contributed by atoms with Gasteiger partial charge in [-0.25, -0.2) is 0 Å². The molecule has 0 amide bonds. The minimum atomic E-state index is 0. The predicted octanol–water partition coefficient (Wildman–Crippen LogP) is 2.81. The van der Waals surface area contributed by atoms with E-state index in [2.05, 4.69) is 37.5 Å². The quantitative estimate of drug-likeness (QED) is 0.437. The van der Waals surface area contributed by atoms with E-state index in [1.165, 1.54) is 25.7 Å². The zero-order valence-electron chi connectivity index (χ0n) is 14.2. The van der Waals surface area contributed by atoms with Crippen LogP contribution in [0.5, 0.6) is 0 Å². The Morgan fingerprint density at radius 2 is 2.17 bits per heavy atom. The average molecular weight is 444 g/mol. The van der Waals surface area contributed by atoms with Gasteiger partial charge in [-0.2, -0.15) is 5.10 Å². The number of nitrogens with one attached hydrogen (secondary N) is 1. The number of rotatable bonds is 5. The van der Waals surface area contributed by atoms with Gasteiger partial charge in [0.1, 0.15) is 12.0 Å². The molecule has 24 heavy (non-hydrogen) atoms. The molecule has 0 aromatic carbocycles. The second-order valence-electron chi connectivity index (χ2n) is 5.97. The van der Waals surface area contributed by atoms with Crippen LogP contribution in [0, 0.1) is 0 Å². The molecular formula is C16H25IN6O. The maximum Gasteiger partial charge on any atom is 0.194 e. The minimum Gasteiger partial charge on any atom is -0.364 e. The van der Waals surface area contributed by atoms with Crippen LogP contribution in [0.3, 0.4) is 0 Å². The smallest absolute Gasteiger partial charge is 0.194 e. The second kappa shape index (κ2) is 9.05. The Bertz CT molecular complexity index is 633. The van der Waals surface area contributed by atoms with Gasteiger partial charge in [-0.15, -0.1) is 24.0 Å². The summed E-state index contributed by atoms with van der Waals surface area (Å²) in [5.74, 6) is 0.809. The fourth-order valence-corrected chi connectivity index (χ4v) is 3.04. The van der Waals surface area contributed by atoms with Gasteiger partial charge in [0.05, 0.1) is 24.8 Å². The van der Waals surface area contributed by atoms with Crippen molar-refractivity contribution in [2.45, 2.75) is 44.8 Å². The highest BCUT2D eigenvalue weighted by atomic mass is 127. The summed E-state index contributed by atoms with van der Waals surface area (Å²) in [6, 6.07) is 4.52. The second-order valence-corrected chi connectivity index (χ2v) is 5.97. The summed E-state index contributed by atoms with van der Waals surface area (Å²) in [6.07, 6.45) is 8.80. The van der Waals surface area contributed by atoms with E-state index in [1.807, 2.05) is 18.0 Å². The molecule has 0 atom stereocenters. The van der Waals surface area contributed by atoms with Gasteiger partial charge in [0.2, 0.25) is 0 Å². The van der Waals surface area contributed by atoms with E-state index in [0.29, 0.717) is 19.1 Å². The molecule has 3 rings (SSSR count). The lowest BCUT2D eigenvalue weighted by Gasteiger charge is -2.20. The van der Waals surface area contributed by atoms with Crippen molar-refractivity contribution in [3.05, 3.63) is 36.0 Å². The zero-order chi connectivity index (χ0) is 16.1. The van der Waals surface area contributed by atoms with Crippen LogP contribution in [0.1, 0.15) is 43.1 Å². The normalized spacial score (nSPS) is 15.3. The summed E-state index contributed by atoms with van der Waals surface area (Å²) in [7, 11) is 3.75. The topological polar surface area (TPSA) is 71.5 Å². The average Bonchev–Trinajstić information content (AvgIpc) is 3.30. The van der Waals surface area contributed by atoms with Crippen LogP contribution in [0.15, 0.2) is 34.1 Å². The molecule has 0 aliphatic heterocycles. The number of nitrogens with zero attached hydrogens (tertiary/aromatic N) is 5. The van der Waals surface area contributed by atoms with Gasteiger partial charge >= 0.3 is 0 Å². The monoisotopic (exact) mass is 444 g/mol. The van der Waals surface area contributed by atoms with E-state index in [4.69, 9.17) is 4.52 Å². The van der Waals surface area contributed by atoms with Crippen LogP contribution in [0.4, 0.5) is 0 Å². The first kappa shape index (κ1) is 18.8. The summed E-state index contributed by atoms with van der Waals surface area (Å²) >= 11 is 0. The largest absolute Gasteiger partial charge is 0.364 e. The van der Waals surface area contributed by atoms with Gasteiger partial charge < -0.3 is 14.7 Å². The van der Waals surface area contributed by atoms with Gasteiger partial charge in [0.15, 0.2) is 5.96 Å². The Labute approximate surface area is 159 Å². The molecule has 1 aliphatic carbocycles. The number of hydrogen-bond donors (Lipinski definition) is 1. The number of halogens is 1. The highest BCUT2D eigenvalue weighted by Gasteiger charge is 2.17. The summed E-state index contributed by atoms with van der Waals surface area (Å²) in [4.78, 5) is 6.31. The van der Waals surface area contributed by atoms with Gasteiger partial charge in [-0.1, -0.05) is 18.0 Å². The molecule has 2 heterocycles. The number of guanidine groups is 1. The first-order chi connectivity index (χ1) is 11.3. The Balaban J connectivity index is 0.00000208. The molecule has 0 saturated heterocycles. The molecule has 2 aromatic heterocycles. The molecular weight excluding hydrogens is 419 g/mol. The fraction of sp³-hybridized carbons (Fsp3) is 0.562. The molecule has 1 N–H and O–H groups in total. The molecule has 1 fully saturated rings. The standard InChI is InChI=1S/C16H24N6O.HI/c1-17-16(21(2)12-14-8-10-23-20-14)18-11-13-7-9-22(19-13)15-5-3-4-6-15;/h7-10,15H,3-6,11-12H2,1-2H3,(H,17,18);1H. The maximum atomic E-state index is 4.86. The van der Waals surface area contributed by atoms with E-state index in [9.17, 15) is 0 Å². The Morgan fingerprint density at radius 3 is 2.83 bits per heavy atom. The fourth-order valence-electron chi connectivity index (χ4n) is 3.04. The van der Waals surface area contributed by atoms with Crippen LogP contribution in [0.2, 0.25) is 0 Å². The summed E-state index contributed by atoms with van der Waals surface area (Å²) in [5.41, 5.74) is 1.91. The highest BCUT2D eigenvalue weighted by molar-refractivity contribution is 14.0. The Kier molecular flexibility index (Phi) is 7.07. The van der Waals surface area contributed by atoms with Gasteiger partial charge in [-0.3, -0.25) is 9.67 Å². The van der Waals surface area contributed by atoms with Gasteiger partial charge in [0.25, 0.3) is 0 Å². The van der Waals surface area contributed by atoms with Crippen molar-refractivity contribution in [2.24, 2.45) is 4.99 Å². The lowest BCUT2D eigenvalue weighted by Crippen LogP contribution is -2.38. The molecule has 0 unspecified atom stereocenters. The summed E-state index contributed by atoms with van der Waals surface area (Å²) in [6.45, 7) is 1.31. The first-order valence-electron chi connectivity index (χ1n) is 8.11. The lowest BCUT2D eigenvalue weighted by molar-refractivity contribution is 0.391. The third-order valence-corrected chi connectivity index (χ3v) is 4.25. The van der Waals surface area contributed by atoms with Crippen LogP contribution in [0.25, 0.3) is 0 Å². The molecule has 132 valence electrons. The number of aliphatic imine (C=N–C) groups is 1. The molecule has 0 radical (unpaired) electrons. The summed E-state index contributed by atoms with van der Waals surface area (Å²) < 4.78 is 6.98. The Morgan fingerprint density at radius 1 is 1.38 bits per heavy atom. The number of hydrogen-bond acceptors (Lipinski definition) is 4. The van der Waals surface area contributed by atoms with Crippen molar-refractivity contribution in [2.75, 3.05) is 14.1 Å². The minimum absolute atomic E-state index is 0. The maximum absolute atomic E-state index is 4.86. The molecule has 1 saturated carbocycles. The molecule has 0 spiro atoms. The van der Waals surface area contributed by atoms with E-state index >= 15 is 0 Å². The van der Waals surface area contributed by atoms with Gasteiger partial charge in [0, 0.05) is 26.4 Å². The van der Waals surface area contributed by atoms with Crippen LogP contribution < -0.4 is 5.32 Å². The van der Waals surface area contributed by atoms with Crippen LogP contribution in [-0.4, -0.2) is 39.9 Å². The third kappa shape index (κ3) is 4.71. The van der Waals surface area contributed by atoms with Gasteiger partial charge in [-0.05, 0) is 18.9 Å². The van der Waals surface area contributed by atoms with E-state index in [0.717, 1.165) is 17.3 Å². The van der Waals surface area contributed by atoms with E-state index in [1.54, 1.807) is 13.3 Å². The highest BCUT2D eigenvalue weighted by Crippen LogP contribution is 2.28. The van der Waals surface area contributed by atoms with Crippen molar-refractivity contribution in [1.29, 1.82) is 0 Å². The molecule has 8 heteroatoms. The van der Waals surface area contributed by atoms with E-state index in [-0.39, 0.29) is 24.0 Å². The Hall–Kier alpha value is -1.58. The molecule has 1 aliphatic rings. The SMILES string of the molecule is CN=C(NCc1ccn(C2CCCC2)n1)N(C)Cc1ccon1.I. The number of aromatic nitrogens is 3. The van der Waals surface area contributed by atoms with Crippen molar-refractivity contribution in [3.63, 3.8) is 0 Å². The van der Waals surface area contributed by atoms with Crippen LogP contribution in [-0.2, 0) is 13.1 Å². The van der Waals surface area contributed by atoms with Crippen molar-refractivity contribution in [1.82, 2.24) is 25.2 Å². The van der Waals surface area contributed by atoms with Crippen molar-refractivity contribution >= 4 is 29.9 Å². The predicted molar refractivity (Wildman–Crippen MR) is 103 cm³/mol. The van der Waals surface area contributed by atoms with Crippen LogP contribution >= 0.6 is 24.0 Å². The third-order valence-electron chi connectivity index (χ3n) is 4.25. The molecule has 2 aromatic rings. The van der Waals surface area contributed by atoms with E-state index < -0.39 is 0 Å². The zero-order valence-corrected chi connectivity index (χ0v) is 16.5. The lowest BCUT2D eigenvalue weighted by atomic mass is 10.3. The van der Waals surface area contributed by atoms with Crippen molar-refractivity contribution < 1.29 is 4.52 Å². The van der Waals surface area contributed by atoms with Crippen molar-refractivity contribution in [3.8, 4) is 0 Å².